The van der Waals surface area contributed by atoms with Crippen molar-refractivity contribution in [3.05, 3.63) is 47.2 Å². The van der Waals surface area contributed by atoms with Gasteiger partial charge in [0.25, 0.3) is 10.0 Å². The predicted molar refractivity (Wildman–Crippen MR) is 110 cm³/mol. The molecule has 2 aromatic carbocycles. The number of nitrogens with one attached hydrogen (secondary N) is 1. The second-order valence-corrected chi connectivity index (χ2v) is 11.2. The molecule has 3 rings (SSSR count). The van der Waals surface area contributed by atoms with Crippen LogP contribution in [0, 0.1) is 11.2 Å². The molecule has 1 N–H and O–H groups in total. The van der Waals surface area contributed by atoms with Crippen molar-refractivity contribution in [1.29, 1.82) is 0 Å². The Morgan fingerprint density at radius 2 is 1.87 bits per heavy atom. The normalized spacial score (nSPS) is 17.8. The van der Waals surface area contributed by atoms with E-state index in [1.54, 1.807) is 0 Å². The Morgan fingerprint density at radius 1 is 1.20 bits per heavy atom. The number of methoxy groups -OCH3 is 1. The topological polar surface area (TPSA) is 110 Å². The van der Waals surface area contributed by atoms with Crippen LogP contribution in [0.15, 0.2) is 41.3 Å². The van der Waals surface area contributed by atoms with Gasteiger partial charge < -0.3 is 4.74 Å². The van der Waals surface area contributed by atoms with Crippen molar-refractivity contribution in [3.63, 3.8) is 0 Å². The lowest BCUT2D eigenvalue weighted by Crippen LogP contribution is -2.33. The van der Waals surface area contributed by atoms with E-state index in [2.05, 4.69) is 4.72 Å². The molecular weight excluding hydrogens is 459 g/mol. The van der Waals surface area contributed by atoms with Crippen molar-refractivity contribution < 1.29 is 30.8 Å². The van der Waals surface area contributed by atoms with Gasteiger partial charge in [-0.2, -0.15) is 0 Å². The second-order valence-electron chi connectivity index (χ2n) is 7.28. The van der Waals surface area contributed by atoms with Crippen LogP contribution in [0.25, 0.3) is 0 Å². The van der Waals surface area contributed by atoms with Crippen LogP contribution in [0.3, 0.4) is 0 Å². The number of sulfonamides is 2. The van der Waals surface area contributed by atoms with Gasteiger partial charge in [0, 0.05) is 0 Å². The Hall–Kier alpha value is -2.37. The molecule has 1 fully saturated rings. The summed E-state index contributed by atoms with van der Waals surface area (Å²) < 4.78 is 72.2. The lowest BCUT2D eigenvalue weighted by atomic mass is 9.95. The summed E-state index contributed by atoms with van der Waals surface area (Å²) in [5.74, 6) is -1.88. The van der Waals surface area contributed by atoms with Gasteiger partial charge in [0.1, 0.15) is 16.5 Å². The second kappa shape index (κ2) is 7.40. The zero-order valence-corrected chi connectivity index (χ0v) is 18.5. The summed E-state index contributed by atoms with van der Waals surface area (Å²) in [5, 5.41) is -0.285. The van der Waals surface area contributed by atoms with E-state index >= 15 is 0 Å². The van der Waals surface area contributed by atoms with Gasteiger partial charge in [-0.05, 0) is 50.2 Å². The molecule has 0 spiro atoms. The zero-order chi connectivity index (χ0) is 22.5. The van der Waals surface area contributed by atoms with E-state index in [-0.39, 0.29) is 22.1 Å². The zero-order valence-electron chi connectivity index (χ0n) is 16.1. The van der Waals surface area contributed by atoms with Gasteiger partial charge in [0.15, 0.2) is 0 Å². The van der Waals surface area contributed by atoms with Crippen molar-refractivity contribution in [2.45, 2.75) is 18.7 Å². The number of hydrogen-bond donors (Lipinski definition) is 1. The van der Waals surface area contributed by atoms with Gasteiger partial charge in [-0.15, -0.1) is 0 Å². The maximum atomic E-state index is 13.3. The number of carbonyl (C=O) groups excluding carboxylic acids is 1. The molecule has 1 aliphatic heterocycles. The maximum absolute atomic E-state index is 13.3. The van der Waals surface area contributed by atoms with Crippen molar-refractivity contribution in [2.75, 3.05) is 21.9 Å². The van der Waals surface area contributed by atoms with Crippen LogP contribution in [-0.2, 0) is 24.8 Å². The maximum Gasteiger partial charge on any atom is 0.265 e. The number of hydrogen-bond acceptors (Lipinski definition) is 6. The highest BCUT2D eigenvalue weighted by Crippen LogP contribution is 2.38. The van der Waals surface area contributed by atoms with Crippen LogP contribution >= 0.6 is 11.6 Å². The average molecular weight is 477 g/mol. The van der Waals surface area contributed by atoms with Crippen LogP contribution in [0.5, 0.6) is 5.75 Å². The summed E-state index contributed by atoms with van der Waals surface area (Å²) >= 11 is 5.69. The van der Waals surface area contributed by atoms with Gasteiger partial charge in [0.2, 0.25) is 15.9 Å². The summed E-state index contributed by atoms with van der Waals surface area (Å²) in [6, 6.07) is 6.81. The molecule has 0 bridgehead atoms. The molecule has 0 aliphatic carbocycles. The monoisotopic (exact) mass is 476 g/mol. The minimum atomic E-state index is -4.31. The summed E-state index contributed by atoms with van der Waals surface area (Å²) in [4.78, 5) is 12.2. The molecule has 30 heavy (non-hydrogen) atoms. The molecule has 2 aromatic rings. The molecule has 12 heteroatoms. The average Bonchev–Trinajstić information content (AvgIpc) is 2.80. The number of anilines is 2. The van der Waals surface area contributed by atoms with Crippen molar-refractivity contribution in [3.8, 4) is 5.75 Å². The lowest BCUT2D eigenvalue weighted by molar-refractivity contribution is -0.123. The minimum Gasteiger partial charge on any atom is -0.495 e. The fraction of sp³-hybridized carbons (Fsp3) is 0.278. The number of ether oxygens (including phenoxy) is 1. The molecule has 8 nitrogen and oxygen atoms in total. The standard InChI is InChI=1S/C18H18ClFN2O6S2/c1-18(2)10-29(24,25)22(17(18)23)12-5-7-15(28-3)16(9-12)30(26,27)21-11-4-6-14(20)13(19)8-11/h4-9,21H,10H2,1-3H3. The fourth-order valence-corrected chi connectivity index (χ4v) is 6.55. The van der Waals surface area contributed by atoms with Gasteiger partial charge in [-0.1, -0.05) is 11.6 Å². The molecular formula is C18H18ClFN2O6S2. The first-order chi connectivity index (χ1) is 13.8. The van der Waals surface area contributed by atoms with Crippen LogP contribution in [0.1, 0.15) is 13.8 Å². The van der Waals surface area contributed by atoms with Gasteiger partial charge >= 0.3 is 0 Å². The molecule has 0 unspecified atom stereocenters. The summed E-state index contributed by atoms with van der Waals surface area (Å²) in [6.45, 7) is 2.99. The van der Waals surface area contributed by atoms with Crippen LogP contribution in [0.4, 0.5) is 15.8 Å². The number of benzene rings is 2. The van der Waals surface area contributed by atoms with Gasteiger partial charge in [0.05, 0.1) is 34.7 Å². The van der Waals surface area contributed by atoms with E-state index in [0.717, 1.165) is 18.2 Å². The highest BCUT2D eigenvalue weighted by molar-refractivity contribution is 7.94. The molecule has 1 heterocycles. The Bertz CT molecular complexity index is 1250. The molecule has 0 radical (unpaired) electrons. The van der Waals surface area contributed by atoms with E-state index in [1.165, 1.54) is 39.2 Å². The Balaban J connectivity index is 2.09. The quantitative estimate of drug-likeness (QED) is 0.710. The van der Waals surface area contributed by atoms with Gasteiger partial charge in [-0.25, -0.2) is 25.5 Å². The lowest BCUT2D eigenvalue weighted by Gasteiger charge is -2.19. The molecule has 162 valence electrons. The summed E-state index contributed by atoms with van der Waals surface area (Å²) in [5.41, 5.74) is -1.30. The third kappa shape index (κ3) is 3.96. The Labute approximate surface area is 178 Å². The molecule has 0 aromatic heterocycles. The van der Waals surface area contributed by atoms with Crippen LogP contribution in [0.2, 0.25) is 5.02 Å². The first kappa shape index (κ1) is 22.3. The third-order valence-electron chi connectivity index (χ3n) is 4.43. The Kier molecular flexibility index (Phi) is 5.50. The molecule has 1 aliphatic rings. The largest absolute Gasteiger partial charge is 0.495 e. The number of rotatable bonds is 5. The minimum absolute atomic E-state index is 0.0140. The number of amides is 1. The fourth-order valence-electron chi connectivity index (χ4n) is 3.03. The number of halogens is 2. The molecule has 0 saturated carbocycles. The Morgan fingerprint density at radius 3 is 2.40 bits per heavy atom. The van der Waals surface area contributed by atoms with E-state index in [4.69, 9.17) is 16.3 Å². The van der Waals surface area contributed by atoms with Crippen LogP contribution < -0.4 is 13.8 Å². The van der Waals surface area contributed by atoms with Crippen molar-refractivity contribution >= 4 is 48.9 Å². The predicted octanol–water partition coefficient (Wildman–Crippen LogP) is 2.99. The van der Waals surface area contributed by atoms with E-state index < -0.39 is 47.8 Å². The molecule has 1 amide bonds. The van der Waals surface area contributed by atoms with E-state index in [9.17, 15) is 26.0 Å². The van der Waals surface area contributed by atoms with E-state index in [0.29, 0.717) is 4.31 Å². The smallest absolute Gasteiger partial charge is 0.265 e. The van der Waals surface area contributed by atoms with Crippen LogP contribution in [-0.4, -0.2) is 35.6 Å². The first-order valence-corrected chi connectivity index (χ1v) is 12.0. The summed E-state index contributed by atoms with van der Waals surface area (Å²) in [7, 11) is -7.05. The molecule has 1 saturated heterocycles. The highest BCUT2D eigenvalue weighted by atomic mass is 35.5. The SMILES string of the molecule is COc1ccc(N2C(=O)C(C)(C)CS2(=O)=O)cc1S(=O)(=O)Nc1ccc(F)c(Cl)c1. The number of carbonyl (C=O) groups is 1. The third-order valence-corrected chi connectivity index (χ3v) is 8.14. The number of nitrogens with zero attached hydrogens (tertiary/aromatic N) is 1. The van der Waals surface area contributed by atoms with Crippen molar-refractivity contribution in [2.24, 2.45) is 5.41 Å². The van der Waals surface area contributed by atoms with E-state index in [1.807, 2.05) is 0 Å². The summed E-state index contributed by atoms with van der Waals surface area (Å²) in [6.07, 6.45) is 0. The van der Waals surface area contributed by atoms with Gasteiger partial charge in [-0.3, -0.25) is 9.52 Å². The van der Waals surface area contributed by atoms with Crippen molar-refractivity contribution in [1.82, 2.24) is 0 Å². The molecule has 0 atom stereocenters. The first-order valence-electron chi connectivity index (χ1n) is 8.52. The highest BCUT2D eigenvalue weighted by Gasteiger charge is 2.50.